The van der Waals surface area contributed by atoms with E-state index in [4.69, 9.17) is 14.2 Å². The number of ether oxygens (including phenoxy) is 3. The van der Waals surface area contributed by atoms with Crippen molar-refractivity contribution in [2.45, 2.75) is 105 Å². The lowest BCUT2D eigenvalue weighted by Gasteiger charge is -2.29. The maximum absolute atomic E-state index is 6.40. The van der Waals surface area contributed by atoms with Crippen LogP contribution in [0.4, 0.5) is 0 Å². The van der Waals surface area contributed by atoms with Crippen molar-refractivity contribution in [3.8, 4) is 28.7 Å². The summed E-state index contributed by atoms with van der Waals surface area (Å²) in [5.41, 5.74) is 6.26. The van der Waals surface area contributed by atoms with Gasteiger partial charge in [0.2, 0.25) is 0 Å². The van der Waals surface area contributed by atoms with E-state index in [9.17, 15) is 0 Å². The highest BCUT2D eigenvalue weighted by molar-refractivity contribution is 5.46. The Morgan fingerprint density at radius 2 is 1.00 bits per heavy atom. The maximum atomic E-state index is 6.40. The third-order valence-corrected chi connectivity index (χ3v) is 9.65. The monoisotopic (exact) mass is 578 g/mol. The molecule has 0 N–H and O–H groups in total. The van der Waals surface area contributed by atoms with Crippen LogP contribution < -0.4 is 14.2 Å². The van der Waals surface area contributed by atoms with Gasteiger partial charge in [0.1, 0.15) is 34.3 Å². The summed E-state index contributed by atoms with van der Waals surface area (Å²) in [4.78, 5) is 0. The van der Waals surface area contributed by atoms with Crippen molar-refractivity contribution < 1.29 is 14.2 Å². The summed E-state index contributed by atoms with van der Waals surface area (Å²) < 4.78 is 18.8. The number of hydrogen-bond acceptors (Lipinski definition) is 3. The van der Waals surface area contributed by atoms with E-state index in [0.29, 0.717) is 0 Å². The van der Waals surface area contributed by atoms with E-state index in [1.807, 2.05) is 24.3 Å². The molecule has 0 aliphatic heterocycles. The first-order valence-corrected chi connectivity index (χ1v) is 16.0. The molecule has 4 rings (SSSR count). The second kappa shape index (κ2) is 13.7. The molecule has 0 aliphatic rings. The Labute approximate surface area is 260 Å². The first-order valence-electron chi connectivity index (χ1n) is 16.0. The lowest BCUT2D eigenvalue weighted by atomic mass is 9.78. The van der Waals surface area contributed by atoms with E-state index in [1.165, 1.54) is 22.3 Å². The van der Waals surface area contributed by atoms with Crippen molar-refractivity contribution in [3.63, 3.8) is 0 Å². The van der Waals surface area contributed by atoms with Crippen LogP contribution in [-0.4, -0.2) is 5.60 Å². The molecule has 0 aromatic heterocycles. The van der Waals surface area contributed by atoms with E-state index in [0.717, 1.165) is 60.0 Å². The lowest BCUT2D eigenvalue weighted by molar-refractivity contribution is 0.0794. The zero-order valence-electron chi connectivity index (χ0n) is 27.7. The van der Waals surface area contributed by atoms with E-state index in [1.54, 1.807) is 0 Å². The van der Waals surface area contributed by atoms with Crippen LogP contribution in [0.2, 0.25) is 0 Å². The zero-order valence-corrected chi connectivity index (χ0v) is 27.7. The van der Waals surface area contributed by atoms with Crippen LogP contribution in [0.5, 0.6) is 28.7 Å². The van der Waals surface area contributed by atoms with Gasteiger partial charge < -0.3 is 14.2 Å². The van der Waals surface area contributed by atoms with E-state index in [-0.39, 0.29) is 16.9 Å². The lowest BCUT2D eigenvalue weighted by Crippen LogP contribution is -2.30. The van der Waals surface area contributed by atoms with Crippen molar-refractivity contribution in [2.75, 3.05) is 0 Å². The molecule has 0 bridgehead atoms. The Morgan fingerprint density at radius 1 is 0.558 bits per heavy atom. The molecule has 228 valence electrons. The van der Waals surface area contributed by atoms with Gasteiger partial charge in [0.25, 0.3) is 0 Å². The summed E-state index contributed by atoms with van der Waals surface area (Å²) in [5, 5.41) is 0. The molecule has 43 heavy (non-hydrogen) atoms. The molecule has 4 aromatic carbocycles. The van der Waals surface area contributed by atoms with Gasteiger partial charge in [-0.15, -0.1) is 0 Å². The maximum Gasteiger partial charge on any atom is 0.130 e. The van der Waals surface area contributed by atoms with Gasteiger partial charge >= 0.3 is 0 Å². The van der Waals surface area contributed by atoms with Gasteiger partial charge in [-0.25, -0.2) is 0 Å². The Kier molecular flexibility index (Phi) is 10.3. The Hall–Kier alpha value is -3.72. The van der Waals surface area contributed by atoms with Crippen LogP contribution in [0.1, 0.15) is 108 Å². The van der Waals surface area contributed by atoms with E-state index in [2.05, 4.69) is 123 Å². The Balaban J connectivity index is 1.40. The molecule has 3 nitrogen and oxygen atoms in total. The van der Waals surface area contributed by atoms with Crippen molar-refractivity contribution in [1.29, 1.82) is 0 Å². The highest BCUT2D eigenvalue weighted by atomic mass is 16.5. The summed E-state index contributed by atoms with van der Waals surface area (Å²) in [6, 6.07) is 29.4. The van der Waals surface area contributed by atoms with Crippen LogP contribution >= 0.6 is 0 Å². The minimum absolute atomic E-state index is 0.129. The molecule has 0 saturated heterocycles. The van der Waals surface area contributed by atoms with Crippen molar-refractivity contribution in [1.82, 2.24) is 0 Å². The first-order chi connectivity index (χ1) is 20.5. The van der Waals surface area contributed by atoms with Crippen LogP contribution in [0.25, 0.3) is 0 Å². The number of hydrogen-bond donors (Lipinski definition) is 0. The Bertz CT molecular complexity index is 1480. The largest absolute Gasteiger partial charge is 0.487 e. The van der Waals surface area contributed by atoms with Crippen LogP contribution in [0.15, 0.2) is 84.9 Å². The topological polar surface area (TPSA) is 27.7 Å². The summed E-state index contributed by atoms with van der Waals surface area (Å²) in [6.07, 6.45) is 4.21. The highest BCUT2D eigenvalue weighted by Gasteiger charge is 2.23. The van der Waals surface area contributed by atoms with Crippen LogP contribution in [0, 0.1) is 13.8 Å². The van der Waals surface area contributed by atoms with Gasteiger partial charge in [0.05, 0.1) is 0 Å². The average Bonchev–Trinajstić information content (AvgIpc) is 3.03. The van der Waals surface area contributed by atoms with Gasteiger partial charge in [-0.05, 0) is 128 Å². The van der Waals surface area contributed by atoms with Crippen molar-refractivity contribution in [2.24, 2.45) is 0 Å². The molecule has 1 unspecified atom stereocenters. The van der Waals surface area contributed by atoms with E-state index < -0.39 is 0 Å². The normalized spacial score (nSPS) is 12.6. The summed E-state index contributed by atoms with van der Waals surface area (Å²) in [6.45, 7) is 19.9. The molecule has 0 heterocycles. The van der Waals surface area contributed by atoms with Gasteiger partial charge in [0, 0.05) is 5.92 Å². The third kappa shape index (κ3) is 7.63. The predicted molar refractivity (Wildman–Crippen MR) is 180 cm³/mol. The molecule has 4 aromatic rings. The van der Waals surface area contributed by atoms with Gasteiger partial charge in [-0.1, -0.05) is 77.9 Å². The molecule has 3 heteroatoms. The fourth-order valence-corrected chi connectivity index (χ4v) is 5.39. The zero-order chi connectivity index (χ0) is 31.2. The molecule has 0 radical (unpaired) electrons. The van der Waals surface area contributed by atoms with Crippen molar-refractivity contribution in [3.05, 3.63) is 113 Å². The first kappa shape index (κ1) is 32.2. The summed E-state index contributed by atoms with van der Waals surface area (Å²) >= 11 is 0. The van der Waals surface area contributed by atoms with Crippen LogP contribution in [-0.2, 0) is 5.41 Å². The Morgan fingerprint density at radius 3 is 1.44 bits per heavy atom. The second-order valence-electron chi connectivity index (χ2n) is 12.5. The second-order valence-corrected chi connectivity index (χ2v) is 12.5. The highest BCUT2D eigenvalue weighted by Crippen LogP contribution is 2.36. The average molecular weight is 579 g/mol. The van der Waals surface area contributed by atoms with Crippen molar-refractivity contribution >= 4 is 0 Å². The minimum atomic E-state index is -0.129. The molecular weight excluding hydrogens is 528 g/mol. The fourth-order valence-electron chi connectivity index (χ4n) is 5.39. The molecule has 0 saturated carbocycles. The summed E-state index contributed by atoms with van der Waals surface area (Å²) in [5.74, 6) is 4.50. The number of rotatable bonds is 13. The third-order valence-electron chi connectivity index (χ3n) is 9.65. The molecule has 0 fully saturated rings. The van der Waals surface area contributed by atoms with Gasteiger partial charge in [-0.2, -0.15) is 0 Å². The molecular formula is C40H50O3. The number of benzene rings is 4. The molecule has 0 amide bonds. The predicted octanol–water partition coefficient (Wildman–Crippen LogP) is 12.1. The minimum Gasteiger partial charge on any atom is -0.487 e. The summed E-state index contributed by atoms with van der Waals surface area (Å²) in [7, 11) is 0. The van der Waals surface area contributed by atoms with Gasteiger partial charge in [0.15, 0.2) is 0 Å². The quantitative estimate of drug-likeness (QED) is 0.158. The van der Waals surface area contributed by atoms with Crippen LogP contribution in [0.3, 0.4) is 0 Å². The fraction of sp³-hybridized carbons (Fsp3) is 0.400. The molecule has 0 aliphatic carbocycles. The standard InChI is InChI=1S/C40H50O3/c1-10-39(8,11-2)33-16-18-34(19-17-33)41-35-20-22-36(23-21-35)42-37-24-14-31(26-28(37)5)30(7)32-15-25-38(29(6)27-32)43-40(9,12-3)13-4/h14-27,30H,10-13H2,1-9H3. The molecule has 1 atom stereocenters. The van der Waals surface area contributed by atoms with Gasteiger partial charge in [-0.3, -0.25) is 0 Å². The smallest absolute Gasteiger partial charge is 0.130 e. The SMILES string of the molecule is CCC(C)(CC)Oc1ccc(C(C)c2ccc(Oc3ccc(Oc4ccc(C(C)(CC)CC)cc4)cc3)c(C)c2)cc1C. The van der Waals surface area contributed by atoms with E-state index >= 15 is 0 Å². The molecule has 0 spiro atoms. The number of aryl methyl sites for hydroxylation is 2.